The maximum Gasteiger partial charge on any atom is 0.240 e. The van der Waals surface area contributed by atoms with Gasteiger partial charge in [0.25, 0.3) is 0 Å². The van der Waals surface area contributed by atoms with Gasteiger partial charge in [-0.05, 0) is 42.8 Å². The zero-order valence-electron chi connectivity index (χ0n) is 15.9. The second-order valence-corrected chi connectivity index (χ2v) is 7.91. The summed E-state index contributed by atoms with van der Waals surface area (Å²) >= 11 is 3.43. The minimum atomic E-state index is -0.189. The van der Waals surface area contributed by atoms with E-state index in [2.05, 4.69) is 27.3 Å². The molecule has 7 heteroatoms. The van der Waals surface area contributed by atoms with Gasteiger partial charge in [0, 0.05) is 28.0 Å². The minimum absolute atomic E-state index is 0.131. The van der Waals surface area contributed by atoms with Crippen molar-refractivity contribution >= 4 is 32.7 Å². The van der Waals surface area contributed by atoms with Crippen LogP contribution in [0.25, 0.3) is 10.9 Å². The number of nitriles is 1. The molecule has 148 valence electrons. The molecule has 1 amide bonds. The lowest BCUT2D eigenvalue weighted by molar-refractivity contribution is -0.122. The molecular weight excluding hydrogens is 434 g/mol. The SMILES string of the molecule is C[C@H](NC(=O)Cn1cc(C#N)c2cc(Br)ccc21)c1ccc2c(c1)OCCCO2. The summed E-state index contributed by atoms with van der Waals surface area (Å²) in [5.41, 5.74) is 2.34. The number of hydrogen-bond donors (Lipinski definition) is 1. The first kappa shape index (κ1) is 19.3. The Morgan fingerprint density at radius 2 is 2.03 bits per heavy atom. The van der Waals surface area contributed by atoms with Crippen LogP contribution in [-0.4, -0.2) is 23.7 Å². The molecule has 3 aromatic rings. The van der Waals surface area contributed by atoms with Crippen LogP contribution in [0.15, 0.2) is 47.1 Å². The Morgan fingerprint density at radius 3 is 2.83 bits per heavy atom. The lowest BCUT2D eigenvalue weighted by Gasteiger charge is -2.17. The van der Waals surface area contributed by atoms with Gasteiger partial charge in [-0.2, -0.15) is 5.26 Å². The number of benzene rings is 2. The topological polar surface area (TPSA) is 76.3 Å². The van der Waals surface area contributed by atoms with Crippen LogP contribution in [0.3, 0.4) is 0 Å². The summed E-state index contributed by atoms with van der Waals surface area (Å²) in [5, 5.41) is 13.2. The van der Waals surface area contributed by atoms with Crippen LogP contribution in [0.1, 0.15) is 30.5 Å². The lowest BCUT2D eigenvalue weighted by atomic mass is 10.1. The van der Waals surface area contributed by atoms with Crippen molar-refractivity contribution in [3.8, 4) is 17.6 Å². The van der Waals surface area contributed by atoms with Crippen molar-refractivity contribution in [2.45, 2.75) is 25.9 Å². The number of aromatic nitrogens is 1. The van der Waals surface area contributed by atoms with Gasteiger partial charge in [-0.1, -0.05) is 22.0 Å². The van der Waals surface area contributed by atoms with E-state index in [1.165, 1.54) is 0 Å². The van der Waals surface area contributed by atoms with Crippen LogP contribution in [0.2, 0.25) is 0 Å². The van der Waals surface area contributed by atoms with Crippen molar-refractivity contribution in [2.24, 2.45) is 0 Å². The number of amides is 1. The smallest absolute Gasteiger partial charge is 0.240 e. The van der Waals surface area contributed by atoms with E-state index < -0.39 is 0 Å². The highest BCUT2D eigenvalue weighted by Crippen LogP contribution is 2.32. The zero-order valence-corrected chi connectivity index (χ0v) is 17.5. The van der Waals surface area contributed by atoms with Crippen LogP contribution in [-0.2, 0) is 11.3 Å². The number of nitrogens with zero attached hydrogens (tertiary/aromatic N) is 2. The van der Waals surface area contributed by atoms with E-state index in [1.54, 1.807) is 10.8 Å². The molecule has 1 aliphatic rings. The van der Waals surface area contributed by atoms with Crippen LogP contribution in [0.4, 0.5) is 0 Å². The van der Waals surface area contributed by atoms with Gasteiger partial charge < -0.3 is 19.4 Å². The van der Waals surface area contributed by atoms with E-state index in [1.807, 2.05) is 43.3 Å². The quantitative estimate of drug-likeness (QED) is 0.638. The third-order valence-corrected chi connectivity index (χ3v) is 5.42. The molecule has 4 rings (SSSR count). The summed E-state index contributed by atoms with van der Waals surface area (Å²) in [4.78, 5) is 12.7. The number of hydrogen-bond acceptors (Lipinski definition) is 4. The third-order valence-electron chi connectivity index (χ3n) is 4.93. The van der Waals surface area contributed by atoms with Gasteiger partial charge in [0.1, 0.15) is 12.6 Å². The minimum Gasteiger partial charge on any atom is -0.490 e. The van der Waals surface area contributed by atoms with E-state index in [4.69, 9.17) is 9.47 Å². The fourth-order valence-corrected chi connectivity index (χ4v) is 3.82. The van der Waals surface area contributed by atoms with Crippen LogP contribution >= 0.6 is 15.9 Å². The van der Waals surface area contributed by atoms with Gasteiger partial charge in [0.2, 0.25) is 5.91 Å². The second-order valence-electron chi connectivity index (χ2n) is 6.99. The number of carbonyl (C=O) groups is 1. The van der Waals surface area contributed by atoms with Crippen molar-refractivity contribution in [1.82, 2.24) is 9.88 Å². The van der Waals surface area contributed by atoms with Gasteiger partial charge in [0.15, 0.2) is 11.5 Å². The maximum atomic E-state index is 12.7. The van der Waals surface area contributed by atoms with E-state index in [-0.39, 0.29) is 18.5 Å². The normalized spacial score (nSPS) is 14.1. The number of nitrogens with one attached hydrogen (secondary N) is 1. The molecule has 0 fully saturated rings. The van der Waals surface area contributed by atoms with Gasteiger partial charge in [0.05, 0.1) is 24.8 Å². The molecule has 0 bridgehead atoms. The monoisotopic (exact) mass is 453 g/mol. The molecular formula is C22H20BrN3O3. The number of fused-ring (bicyclic) bond motifs is 2. The molecule has 0 unspecified atom stereocenters. The fraction of sp³-hybridized carbons (Fsp3) is 0.273. The molecule has 6 nitrogen and oxygen atoms in total. The molecule has 0 radical (unpaired) electrons. The van der Waals surface area contributed by atoms with Gasteiger partial charge in [-0.15, -0.1) is 0 Å². The molecule has 1 atom stereocenters. The summed E-state index contributed by atoms with van der Waals surface area (Å²) in [6.07, 6.45) is 2.57. The molecule has 2 aromatic carbocycles. The van der Waals surface area contributed by atoms with Crippen molar-refractivity contribution in [3.63, 3.8) is 0 Å². The van der Waals surface area contributed by atoms with Crippen molar-refractivity contribution < 1.29 is 14.3 Å². The maximum absolute atomic E-state index is 12.7. The highest BCUT2D eigenvalue weighted by atomic mass is 79.9. The van der Waals surface area contributed by atoms with Crippen molar-refractivity contribution in [1.29, 1.82) is 5.26 Å². The Labute approximate surface area is 177 Å². The third kappa shape index (κ3) is 4.08. The van der Waals surface area contributed by atoms with E-state index in [0.717, 1.165) is 33.1 Å². The average molecular weight is 454 g/mol. The van der Waals surface area contributed by atoms with Crippen molar-refractivity contribution in [2.75, 3.05) is 13.2 Å². The Kier molecular flexibility index (Phi) is 5.45. The first-order valence-corrected chi connectivity index (χ1v) is 10.2. The van der Waals surface area contributed by atoms with E-state index in [0.29, 0.717) is 24.5 Å². The lowest BCUT2D eigenvalue weighted by Crippen LogP contribution is -2.29. The predicted molar refractivity (Wildman–Crippen MR) is 113 cm³/mol. The number of ether oxygens (including phenoxy) is 2. The molecule has 29 heavy (non-hydrogen) atoms. The van der Waals surface area contributed by atoms with Crippen LogP contribution < -0.4 is 14.8 Å². The van der Waals surface area contributed by atoms with Gasteiger partial charge >= 0.3 is 0 Å². The van der Waals surface area contributed by atoms with Gasteiger partial charge in [-0.25, -0.2) is 0 Å². The molecule has 1 aromatic heterocycles. The summed E-state index contributed by atoms with van der Waals surface area (Å²) < 4.78 is 14.1. The predicted octanol–water partition coefficient (Wildman–Crippen LogP) is 4.31. The fourth-order valence-electron chi connectivity index (χ4n) is 3.46. The molecule has 2 heterocycles. The van der Waals surface area contributed by atoms with E-state index >= 15 is 0 Å². The summed E-state index contributed by atoms with van der Waals surface area (Å²) in [7, 11) is 0. The van der Waals surface area contributed by atoms with E-state index in [9.17, 15) is 10.1 Å². The first-order chi connectivity index (χ1) is 14.0. The molecule has 0 aliphatic carbocycles. The van der Waals surface area contributed by atoms with Crippen molar-refractivity contribution in [3.05, 3.63) is 58.2 Å². The summed E-state index contributed by atoms with van der Waals surface area (Å²) in [6, 6.07) is 13.4. The first-order valence-electron chi connectivity index (χ1n) is 9.42. The Hall–Kier alpha value is -2.98. The number of carbonyl (C=O) groups excluding carboxylic acids is 1. The Balaban J connectivity index is 1.50. The Bertz CT molecular complexity index is 1120. The molecule has 0 saturated heterocycles. The highest BCUT2D eigenvalue weighted by Gasteiger charge is 2.17. The summed E-state index contributed by atoms with van der Waals surface area (Å²) in [5.74, 6) is 1.31. The zero-order chi connectivity index (χ0) is 20.4. The summed E-state index contributed by atoms with van der Waals surface area (Å²) in [6.45, 7) is 3.33. The Morgan fingerprint density at radius 1 is 1.24 bits per heavy atom. The molecule has 1 N–H and O–H groups in total. The number of rotatable bonds is 4. The molecule has 0 saturated carbocycles. The second kappa shape index (κ2) is 8.18. The van der Waals surface area contributed by atoms with Crippen LogP contribution in [0, 0.1) is 11.3 Å². The van der Waals surface area contributed by atoms with Crippen LogP contribution in [0.5, 0.6) is 11.5 Å². The largest absolute Gasteiger partial charge is 0.490 e. The highest BCUT2D eigenvalue weighted by molar-refractivity contribution is 9.10. The average Bonchev–Trinajstić information content (AvgIpc) is 2.88. The standard InChI is InChI=1S/C22H20BrN3O3/c1-14(15-3-6-20-21(9-15)29-8-2-7-28-20)25-22(27)13-26-12-16(11-24)18-10-17(23)4-5-19(18)26/h3-6,9-10,12,14H,2,7-8,13H2,1H3,(H,25,27)/t14-/m0/s1. The number of halogens is 1. The molecule has 0 spiro atoms. The molecule has 1 aliphatic heterocycles. The van der Waals surface area contributed by atoms with Gasteiger partial charge in [-0.3, -0.25) is 4.79 Å².